The highest BCUT2D eigenvalue weighted by atomic mass is 14.2. The second kappa shape index (κ2) is 12.3. The van der Waals surface area contributed by atoms with Crippen LogP contribution in [-0.4, -0.2) is 0 Å². The SMILES string of the molecule is c1cc(-c2c3ccccc3c(-c3ccc(-c4ccc5ccccc5c4)cc3)c3ccccc23)cc(-c2cc3ccc4ccccc4c3c3ccccc23)c1. The number of fused-ring (bicyclic) bond motifs is 8. The van der Waals surface area contributed by atoms with Gasteiger partial charge >= 0.3 is 0 Å². The minimum Gasteiger partial charge on any atom is -0.0616 e. The van der Waals surface area contributed by atoms with Gasteiger partial charge in [0.2, 0.25) is 0 Å². The van der Waals surface area contributed by atoms with E-state index in [2.05, 4.69) is 206 Å². The fraction of sp³-hybridized carbons (Fsp3) is 0. The monoisotopic (exact) mass is 682 g/mol. The summed E-state index contributed by atoms with van der Waals surface area (Å²) >= 11 is 0. The molecule has 0 unspecified atom stereocenters. The molecule has 0 amide bonds. The van der Waals surface area contributed by atoms with Gasteiger partial charge in [-0.3, -0.25) is 0 Å². The minimum atomic E-state index is 1.22. The Morgan fingerprint density at radius 2 is 0.685 bits per heavy atom. The first-order valence-electron chi connectivity index (χ1n) is 18.8. The smallest absolute Gasteiger partial charge is 0.00262 e. The van der Waals surface area contributed by atoms with E-state index >= 15 is 0 Å². The van der Waals surface area contributed by atoms with Crippen LogP contribution in [0.5, 0.6) is 0 Å². The molecule has 0 saturated carbocycles. The van der Waals surface area contributed by atoms with E-state index in [1.54, 1.807) is 0 Å². The topological polar surface area (TPSA) is 0 Å². The lowest BCUT2D eigenvalue weighted by Gasteiger charge is -2.19. The average Bonchev–Trinajstić information content (AvgIpc) is 3.25. The Hall–Kier alpha value is -7.02. The van der Waals surface area contributed by atoms with E-state index in [0.717, 1.165) is 0 Å². The van der Waals surface area contributed by atoms with Crippen molar-refractivity contribution in [1.82, 2.24) is 0 Å². The first kappa shape index (κ1) is 30.6. The fourth-order valence-electron chi connectivity index (χ4n) is 8.91. The number of benzene rings is 11. The molecule has 54 heavy (non-hydrogen) atoms. The largest absolute Gasteiger partial charge is 0.0616 e. The number of hydrogen-bond acceptors (Lipinski definition) is 0. The standard InChI is InChI=1S/C54H34/c1-2-14-39-32-40(30-26-35(39)12-1)36-24-28-38(29-25-36)52-47-20-7-9-22-49(47)54(50-23-10-8-21-48(50)52)42-16-11-15-41(33-42)51-34-43-31-27-37-13-3-4-17-44(37)53(43)46-19-6-5-18-45(46)51/h1-34H. The van der Waals surface area contributed by atoms with Crippen molar-refractivity contribution >= 4 is 64.6 Å². The zero-order valence-electron chi connectivity index (χ0n) is 29.6. The molecule has 0 atom stereocenters. The van der Waals surface area contributed by atoms with Crippen molar-refractivity contribution < 1.29 is 0 Å². The molecule has 0 radical (unpaired) electrons. The summed E-state index contributed by atoms with van der Waals surface area (Å²) < 4.78 is 0. The molecule has 0 N–H and O–H groups in total. The Kier molecular flexibility index (Phi) is 6.97. The molecule has 0 aliphatic rings. The van der Waals surface area contributed by atoms with Crippen molar-refractivity contribution in [3.8, 4) is 44.5 Å². The molecule has 0 aromatic heterocycles. The first-order chi connectivity index (χ1) is 26.8. The molecule has 0 saturated heterocycles. The highest BCUT2D eigenvalue weighted by Crippen LogP contribution is 2.45. The summed E-state index contributed by atoms with van der Waals surface area (Å²) in [7, 11) is 0. The van der Waals surface area contributed by atoms with E-state index in [0.29, 0.717) is 0 Å². The predicted octanol–water partition coefficient (Wildman–Crippen LogP) is 15.3. The molecule has 250 valence electrons. The maximum atomic E-state index is 2.40. The van der Waals surface area contributed by atoms with E-state index in [4.69, 9.17) is 0 Å². The molecule has 0 aliphatic heterocycles. The van der Waals surface area contributed by atoms with E-state index in [-0.39, 0.29) is 0 Å². The Morgan fingerprint density at radius 3 is 1.39 bits per heavy atom. The van der Waals surface area contributed by atoms with E-state index in [1.807, 2.05) is 0 Å². The van der Waals surface area contributed by atoms with Crippen molar-refractivity contribution in [2.24, 2.45) is 0 Å². The van der Waals surface area contributed by atoms with Crippen molar-refractivity contribution in [1.29, 1.82) is 0 Å². The van der Waals surface area contributed by atoms with Crippen molar-refractivity contribution in [2.45, 2.75) is 0 Å². The van der Waals surface area contributed by atoms with Crippen LogP contribution in [0.25, 0.3) is 109 Å². The Bertz CT molecular complexity index is 3200. The van der Waals surface area contributed by atoms with Crippen molar-refractivity contribution in [3.05, 3.63) is 206 Å². The highest BCUT2D eigenvalue weighted by Gasteiger charge is 2.18. The van der Waals surface area contributed by atoms with Crippen LogP contribution >= 0.6 is 0 Å². The van der Waals surface area contributed by atoms with Gasteiger partial charge in [-0.1, -0.05) is 188 Å². The van der Waals surface area contributed by atoms with Gasteiger partial charge in [0.05, 0.1) is 0 Å². The first-order valence-corrected chi connectivity index (χ1v) is 18.8. The maximum Gasteiger partial charge on any atom is -0.00262 e. The molecule has 0 heterocycles. The van der Waals surface area contributed by atoms with E-state index in [9.17, 15) is 0 Å². The molecule has 0 bridgehead atoms. The van der Waals surface area contributed by atoms with Crippen molar-refractivity contribution in [2.75, 3.05) is 0 Å². The summed E-state index contributed by atoms with van der Waals surface area (Å²) in [5.74, 6) is 0. The number of hydrogen-bond donors (Lipinski definition) is 0. The lowest BCUT2D eigenvalue weighted by molar-refractivity contribution is 1.62. The van der Waals surface area contributed by atoms with Crippen LogP contribution in [0.3, 0.4) is 0 Å². The van der Waals surface area contributed by atoms with Crippen LogP contribution in [0.2, 0.25) is 0 Å². The molecule has 0 fully saturated rings. The lowest BCUT2D eigenvalue weighted by atomic mass is 9.84. The fourth-order valence-corrected chi connectivity index (χ4v) is 8.91. The van der Waals surface area contributed by atoms with Gasteiger partial charge in [-0.15, -0.1) is 0 Å². The van der Waals surface area contributed by atoms with Gasteiger partial charge in [-0.2, -0.15) is 0 Å². The van der Waals surface area contributed by atoms with Crippen LogP contribution in [0.4, 0.5) is 0 Å². The molecular weight excluding hydrogens is 649 g/mol. The van der Waals surface area contributed by atoms with Crippen molar-refractivity contribution in [3.63, 3.8) is 0 Å². The normalized spacial score (nSPS) is 11.7. The lowest BCUT2D eigenvalue weighted by Crippen LogP contribution is -1.92. The third kappa shape index (κ3) is 4.85. The predicted molar refractivity (Wildman–Crippen MR) is 233 cm³/mol. The van der Waals surface area contributed by atoms with Crippen LogP contribution in [0, 0.1) is 0 Å². The second-order valence-electron chi connectivity index (χ2n) is 14.4. The molecule has 11 rings (SSSR count). The van der Waals surface area contributed by atoms with Gasteiger partial charge in [0.1, 0.15) is 0 Å². The number of rotatable bonds is 4. The van der Waals surface area contributed by atoms with E-state index in [1.165, 1.54) is 109 Å². The third-order valence-corrected chi connectivity index (χ3v) is 11.4. The minimum absolute atomic E-state index is 1.22. The Balaban J connectivity index is 1.09. The summed E-state index contributed by atoms with van der Waals surface area (Å²) in [6.45, 7) is 0. The second-order valence-corrected chi connectivity index (χ2v) is 14.4. The quantitative estimate of drug-likeness (QED) is 0.128. The zero-order valence-corrected chi connectivity index (χ0v) is 29.6. The Morgan fingerprint density at radius 1 is 0.204 bits per heavy atom. The molecule has 0 nitrogen and oxygen atoms in total. The summed E-state index contributed by atoms with van der Waals surface area (Å²) in [6, 6.07) is 76.1. The molecule has 0 aliphatic carbocycles. The summed E-state index contributed by atoms with van der Waals surface area (Å²) in [6.07, 6.45) is 0. The third-order valence-electron chi connectivity index (χ3n) is 11.4. The highest BCUT2D eigenvalue weighted by molar-refractivity contribution is 6.24. The van der Waals surface area contributed by atoms with Gasteiger partial charge in [0.15, 0.2) is 0 Å². The van der Waals surface area contributed by atoms with Gasteiger partial charge in [-0.25, -0.2) is 0 Å². The molecule has 11 aromatic carbocycles. The molecular formula is C54H34. The molecule has 0 heteroatoms. The van der Waals surface area contributed by atoms with Crippen LogP contribution < -0.4 is 0 Å². The zero-order chi connectivity index (χ0) is 35.6. The summed E-state index contributed by atoms with van der Waals surface area (Å²) in [4.78, 5) is 0. The Labute approximate surface area is 314 Å². The van der Waals surface area contributed by atoms with E-state index < -0.39 is 0 Å². The van der Waals surface area contributed by atoms with Crippen LogP contribution in [-0.2, 0) is 0 Å². The maximum absolute atomic E-state index is 2.40. The van der Waals surface area contributed by atoms with Gasteiger partial charge < -0.3 is 0 Å². The average molecular weight is 683 g/mol. The van der Waals surface area contributed by atoms with Gasteiger partial charge in [-0.05, 0) is 127 Å². The molecule has 0 spiro atoms. The van der Waals surface area contributed by atoms with Crippen LogP contribution in [0.15, 0.2) is 206 Å². The summed E-state index contributed by atoms with van der Waals surface area (Å²) in [5.41, 5.74) is 9.93. The van der Waals surface area contributed by atoms with Gasteiger partial charge in [0.25, 0.3) is 0 Å². The summed E-state index contributed by atoms with van der Waals surface area (Å²) in [5, 5.41) is 15.3. The van der Waals surface area contributed by atoms with Gasteiger partial charge in [0, 0.05) is 0 Å². The van der Waals surface area contributed by atoms with Crippen LogP contribution in [0.1, 0.15) is 0 Å². The molecule has 11 aromatic rings.